The molecule has 0 bridgehead atoms. The second-order valence-electron chi connectivity index (χ2n) is 7.48. The zero-order valence-corrected chi connectivity index (χ0v) is 14.5. The van der Waals surface area contributed by atoms with Gasteiger partial charge < -0.3 is 15.0 Å². The first kappa shape index (κ1) is 16.2. The summed E-state index contributed by atoms with van der Waals surface area (Å²) in [5.74, 6) is -0.166. The van der Waals surface area contributed by atoms with Gasteiger partial charge in [0.05, 0.1) is 5.52 Å². The molecule has 2 heterocycles. The maximum absolute atomic E-state index is 12.9. The molecule has 1 aliphatic heterocycles. The van der Waals surface area contributed by atoms with Crippen LogP contribution in [0.25, 0.3) is 10.9 Å². The van der Waals surface area contributed by atoms with Gasteiger partial charge in [0.15, 0.2) is 0 Å². The maximum atomic E-state index is 12.9. The molecule has 1 aromatic heterocycles. The van der Waals surface area contributed by atoms with Crippen molar-refractivity contribution in [2.45, 2.75) is 51.5 Å². The summed E-state index contributed by atoms with van der Waals surface area (Å²) in [5, 5.41) is 14.1. The third-order valence-electron chi connectivity index (χ3n) is 5.74. The average molecular weight is 340 g/mol. The van der Waals surface area contributed by atoms with Crippen LogP contribution < -0.4 is 10.9 Å². The monoisotopic (exact) mass is 340 g/mol. The predicted octanol–water partition coefficient (Wildman–Crippen LogP) is 3.13. The first-order valence-electron chi connectivity index (χ1n) is 9.25. The second-order valence-corrected chi connectivity index (χ2v) is 7.48. The SMILES string of the molecule is CC1Cc2cccc3c(O)c(C(=O)NCC4CCCCC4)c(=O)n1c23. The number of hydrogen-bond acceptors (Lipinski definition) is 3. The largest absolute Gasteiger partial charge is 0.506 e. The zero-order chi connectivity index (χ0) is 17.6. The lowest BCUT2D eigenvalue weighted by atomic mass is 9.89. The van der Waals surface area contributed by atoms with Crippen molar-refractivity contribution in [2.24, 2.45) is 5.92 Å². The van der Waals surface area contributed by atoms with Crippen molar-refractivity contribution < 1.29 is 9.90 Å². The van der Waals surface area contributed by atoms with E-state index in [4.69, 9.17) is 0 Å². The van der Waals surface area contributed by atoms with Gasteiger partial charge in [-0.15, -0.1) is 0 Å². The summed E-state index contributed by atoms with van der Waals surface area (Å²) in [6, 6.07) is 5.62. The van der Waals surface area contributed by atoms with Crippen LogP contribution in [0.1, 0.15) is 61.0 Å². The highest BCUT2D eigenvalue weighted by molar-refractivity contribution is 6.03. The van der Waals surface area contributed by atoms with Crippen molar-refractivity contribution in [3.05, 3.63) is 39.7 Å². The molecule has 0 spiro atoms. The van der Waals surface area contributed by atoms with E-state index in [-0.39, 0.29) is 22.9 Å². The Morgan fingerprint density at radius 1 is 1.28 bits per heavy atom. The zero-order valence-electron chi connectivity index (χ0n) is 14.5. The summed E-state index contributed by atoms with van der Waals surface area (Å²) in [4.78, 5) is 25.6. The van der Waals surface area contributed by atoms with E-state index in [9.17, 15) is 14.7 Å². The highest BCUT2D eigenvalue weighted by atomic mass is 16.3. The number of hydrogen-bond donors (Lipinski definition) is 2. The van der Waals surface area contributed by atoms with Crippen molar-refractivity contribution in [3.63, 3.8) is 0 Å². The van der Waals surface area contributed by atoms with E-state index in [0.717, 1.165) is 30.3 Å². The van der Waals surface area contributed by atoms with Crippen molar-refractivity contribution in [2.75, 3.05) is 6.54 Å². The fraction of sp³-hybridized carbons (Fsp3) is 0.500. The number of aromatic hydroxyl groups is 1. The molecule has 0 saturated heterocycles. The molecule has 5 nitrogen and oxygen atoms in total. The molecular formula is C20H24N2O3. The van der Waals surface area contributed by atoms with Gasteiger partial charge in [0.25, 0.3) is 11.5 Å². The minimum atomic E-state index is -0.455. The Kier molecular flexibility index (Phi) is 4.02. The van der Waals surface area contributed by atoms with E-state index in [0.29, 0.717) is 17.8 Å². The molecule has 1 aliphatic carbocycles. The van der Waals surface area contributed by atoms with Gasteiger partial charge in [0.2, 0.25) is 0 Å². The Bertz CT molecular complexity index is 894. The molecule has 1 amide bonds. The van der Waals surface area contributed by atoms with Crippen LogP contribution in [0.3, 0.4) is 0 Å². The number of para-hydroxylation sites is 1. The van der Waals surface area contributed by atoms with Crippen LogP contribution in [0.15, 0.2) is 23.0 Å². The molecule has 2 N–H and O–H groups in total. The molecule has 1 saturated carbocycles. The minimum absolute atomic E-state index is 0.00195. The molecule has 1 aromatic carbocycles. The highest BCUT2D eigenvalue weighted by Crippen LogP contribution is 2.36. The van der Waals surface area contributed by atoms with Crippen LogP contribution in [0.2, 0.25) is 0 Å². The van der Waals surface area contributed by atoms with Crippen LogP contribution in [0.5, 0.6) is 5.75 Å². The molecule has 4 rings (SSSR count). The number of carbonyl (C=O) groups excluding carboxylic acids is 1. The molecule has 1 atom stereocenters. The van der Waals surface area contributed by atoms with E-state index in [1.54, 1.807) is 10.6 Å². The molecule has 1 unspecified atom stereocenters. The maximum Gasteiger partial charge on any atom is 0.267 e. The van der Waals surface area contributed by atoms with E-state index in [1.807, 2.05) is 19.1 Å². The molecule has 5 heteroatoms. The lowest BCUT2D eigenvalue weighted by Crippen LogP contribution is -2.36. The summed E-state index contributed by atoms with van der Waals surface area (Å²) in [7, 11) is 0. The second kappa shape index (κ2) is 6.21. The van der Waals surface area contributed by atoms with Gasteiger partial charge in [0, 0.05) is 18.0 Å². The molecule has 132 valence electrons. The molecule has 1 fully saturated rings. The number of amides is 1. The minimum Gasteiger partial charge on any atom is -0.506 e. The van der Waals surface area contributed by atoms with Crippen LogP contribution in [0, 0.1) is 5.92 Å². The fourth-order valence-corrected chi connectivity index (χ4v) is 4.44. The Morgan fingerprint density at radius 2 is 2.04 bits per heavy atom. The Balaban J connectivity index is 1.71. The van der Waals surface area contributed by atoms with Crippen molar-refractivity contribution in [3.8, 4) is 5.75 Å². The summed E-state index contributed by atoms with van der Waals surface area (Å²) < 4.78 is 1.67. The van der Waals surface area contributed by atoms with Crippen LogP contribution >= 0.6 is 0 Å². The smallest absolute Gasteiger partial charge is 0.267 e. The summed E-state index contributed by atoms with van der Waals surface area (Å²) in [6.07, 6.45) is 6.66. The van der Waals surface area contributed by atoms with Gasteiger partial charge in [-0.3, -0.25) is 9.59 Å². The van der Waals surface area contributed by atoms with E-state index in [2.05, 4.69) is 5.32 Å². The first-order chi connectivity index (χ1) is 12.1. The Labute approximate surface area is 146 Å². The van der Waals surface area contributed by atoms with Gasteiger partial charge in [-0.25, -0.2) is 0 Å². The van der Waals surface area contributed by atoms with Gasteiger partial charge in [-0.05, 0) is 43.7 Å². The highest BCUT2D eigenvalue weighted by Gasteiger charge is 2.29. The topological polar surface area (TPSA) is 71.3 Å². The van der Waals surface area contributed by atoms with Gasteiger partial charge in [0.1, 0.15) is 11.3 Å². The van der Waals surface area contributed by atoms with E-state index in [1.165, 1.54) is 19.3 Å². The summed E-state index contributed by atoms with van der Waals surface area (Å²) >= 11 is 0. The average Bonchev–Trinajstić information content (AvgIpc) is 2.96. The van der Waals surface area contributed by atoms with Gasteiger partial charge in [-0.1, -0.05) is 31.4 Å². The molecule has 2 aromatic rings. The van der Waals surface area contributed by atoms with E-state index < -0.39 is 5.91 Å². The number of nitrogens with zero attached hydrogens (tertiary/aromatic N) is 1. The quantitative estimate of drug-likeness (QED) is 0.902. The number of carbonyl (C=O) groups is 1. The lowest BCUT2D eigenvalue weighted by molar-refractivity contribution is 0.0939. The number of nitrogens with one attached hydrogen (secondary N) is 1. The third kappa shape index (κ3) is 2.62. The van der Waals surface area contributed by atoms with Crippen LogP contribution in [-0.4, -0.2) is 22.1 Å². The molecule has 2 aliphatic rings. The lowest BCUT2D eigenvalue weighted by Gasteiger charge is -2.22. The summed E-state index contributed by atoms with van der Waals surface area (Å²) in [5.41, 5.74) is 1.31. The fourth-order valence-electron chi connectivity index (χ4n) is 4.44. The van der Waals surface area contributed by atoms with Crippen LogP contribution in [0.4, 0.5) is 0 Å². The number of rotatable bonds is 3. The predicted molar refractivity (Wildman–Crippen MR) is 97.2 cm³/mol. The molecule has 25 heavy (non-hydrogen) atoms. The molecular weight excluding hydrogens is 316 g/mol. The first-order valence-corrected chi connectivity index (χ1v) is 9.25. The van der Waals surface area contributed by atoms with Crippen molar-refractivity contribution in [1.29, 1.82) is 0 Å². The van der Waals surface area contributed by atoms with Crippen molar-refractivity contribution in [1.82, 2.24) is 9.88 Å². The molecule has 0 radical (unpaired) electrons. The summed E-state index contributed by atoms with van der Waals surface area (Å²) in [6.45, 7) is 2.55. The number of pyridine rings is 1. The van der Waals surface area contributed by atoms with Crippen molar-refractivity contribution >= 4 is 16.8 Å². The van der Waals surface area contributed by atoms with Crippen LogP contribution in [-0.2, 0) is 6.42 Å². The van der Waals surface area contributed by atoms with E-state index >= 15 is 0 Å². The third-order valence-corrected chi connectivity index (χ3v) is 5.74. The van der Waals surface area contributed by atoms with Gasteiger partial charge in [-0.2, -0.15) is 0 Å². The van der Waals surface area contributed by atoms with Gasteiger partial charge >= 0.3 is 0 Å². The normalized spacial score (nSPS) is 20.1. The Hall–Kier alpha value is -2.30. The Morgan fingerprint density at radius 3 is 2.80 bits per heavy atom. The standard InChI is InChI=1S/C20H24N2O3/c1-12-10-14-8-5-9-15-17(14)22(12)20(25)16(18(15)23)19(24)21-11-13-6-3-2-4-7-13/h5,8-9,12-13,23H,2-4,6-7,10-11H2,1H3,(H,21,24). The number of benzene rings is 1. The number of aromatic nitrogens is 1.